The molecule has 0 aliphatic carbocycles. The molecule has 12 heavy (non-hydrogen) atoms. The highest BCUT2D eigenvalue weighted by Gasteiger charge is 2.29. The molecule has 0 spiro atoms. The van der Waals surface area contributed by atoms with E-state index in [2.05, 4.69) is 0 Å². The fourth-order valence-electron chi connectivity index (χ4n) is 1.29. The molecule has 0 bridgehead atoms. The largest absolute Gasteiger partial charge is 0.374 e. The van der Waals surface area contributed by atoms with Gasteiger partial charge in [-0.2, -0.15) is 0 Å². The van der Waals surface area contributed by atoms with Gasteiger partial charge in [0.15, 0.2) is 9.84 Å². The Morgan fingerprint density at radius 3 is 2.67 bits per heavy atom. The zero-order valence-corrected chi connectivity index (χ0v) is 8.43. The van der Waals surface area contributed by atoms with Crippen molar-refractivity contribution in [3.8, 4) is 0 Å². The minimum atomic E-state index is -2.77. The number of ether oxygens (including phenoxy) is 1. The van der Waals surface area contributed by atoms with Crippen molar-refractivity contribution < 1.29 is 13.2 Å². The molecule has 0 radical (unpaired) electrons. The Hall–Kier alpha value is -0.0900. The van der Waals surface area contributed by atoms with Crippen LogP contribution in [0.15, 0.2) is 0 Å². The van der Waals surface area contributed by atoms with Gasteiger partial charge < -0.3 is 4.74 Å². The van der Waals surface area contributed by atoms with Crippen LogP contribution in [-0.4, -0.2) is 32.1 Å². The van der Waals surface area contributed by atoms with E-state index in [0.717, 1.165) is 6.42 Å². The van der Waals surface area contributed by atoms with Crippen molar-refractivity contribution in [2.24, 2.45) is 0 Å². The second-order valence-electron chi connectivity index (χ2n) is 3.38. The van der Waals surface area contributed by atoms with Crippen molar-refractivity contribution in [3.05, 3.63) is 0 Å². The molecule has 0 aromatic carbocycles. The molecule has 1 rings (SSSR count). The standard InChI is InChI=1S/C8H16O3S/c1-3-7(2)11-8-4-5-12(9,10)6-8/h7-8H,3-6H2,1-2H3/t7-,8+/m1/s1. The highest BCUT2D eigenvalue weighted by Crippen LogP contribution is 2.16. The third-order valence-corrected chi connectivity index (χ3v) is 3.93. The molecule has 72 valence electrons. The smallest absolute Gasteiger partial charge is 0.152 e. The highest BCUT2D eigenvalue weighted by molar-refractivity contribution is 7.91. The van der Waals surface area contributed by atoms with Crippen LogP contribution >= 0.6 is 0 Å². The first-order chi connectivity index (χ1) is 5.53. The maximum atomic E-state index is 11.0. The molecule has 4 heteroatoms. The van der Waals surface area contributed by atoms with Gasteiger partial charge in [0, 0.05) is 0 Å². The fourth-order valence-corrected chi connectivity index (χ4v) is 2.89. The third kappa shape index (κ3) is 2.75. The molecule has 1 saturated heterocycles. The Labute approximate surface area is 74.0 Å². The quantitative estimate of drug-likeness (QED) is 0.669. The van der Waals surface area contributed by atoms with Crippen LogP contribution in [0.3, 0.4) is 0 Å². The normalized spacial score (nSPS) is 30.3. The Morgan fingerprint density at radius 2 is 2.25 bits per heavy atom. The molecule has 1 fully saturated rings. The van der Waals surface area contributed by atoms with Crippen molar-refractivity contribution in [2.45, 2.75) is 38.9 Å². The maximum absolute atomic E-state index is 11.0. The molecular formula is C8H16O3S. The number of sulfone groups is 1. The molecule has 0 unspecified atom stereocenters. The lowest BCUT2D eigenvalue weighted by atomic mass is 10.3. The summed E-state index contributed by atoms with van der Waals surface area (Å²) in [4.78, 5) is 0. The van der Waals surface area contributed by atoms with E-state index in [0.29, 0.717) is 12.2 Å². The number of rotatable bonds is 3. The van der Waals surface area contributed by atoms with E-state index < -0.39 is 9.84 Å². The average molecular weight is 192 g/mol. The van der Waals surface area contributed by atoms with Gasteiger partial charge in [-0.25, -0.2) is 8.42 Å². The van der Waals surface area contributed by atoms with Gasteiger partial charge in [-0.05, 0) is 19.8 Å². The van der Waals surface area contributed by atoms with E-state index in [1.165, 1.54) is 0 Å². The number of hydrogen-bond donors (Lipinski definition) is 0. The number of hydrogen-bond acceptors (Lipinski definition) is 3. The zero-order valence-electron chi connectivity index (χ0n) is 7.62. The monoisotopic (exact) mass is 192 g/mol. The summed E-state index contributed by atoms with van der Waals surface area (Å²) in [5.41, 5.74) is 0. The van der Waals surface area contributed by atoms with Gasteiger partial charge in [0.2, 0.25) is 0 Å². The van der Waals surface area contributed by atoms with Crippen molar-refractivity contribution in [1.29, 1.82) is 0 Å². The molecule has 3 nitrogen and oxygen atoms in total. The van der Waals surface area contributed by atoms with Crippen LogP contribution in [0.1, 0.15) is 26.7 Å². The average Bonchev–Trinajstić information content (AvgIpc) is 2.30. The van der Waals surface area contributed by atoms with Crippen LogP contribution in [0.25, 0.3) is 0 Å². The van der Waals surface area contributed by atoms with Crippen molar-refractivity contribution in [3.63, 3.8) is 0 Å². The van der Waals surface area contributed by atoms with Crippen molar-refractivity contribution in [1.82, 2.24) is 0 Å². The van der Waals surface area contributed by atoms with Gasteiger partial charge in [-0.1, -0.05) is 6.92 Å². The predicted molar refractivity (Wildman–Crippen MR) is 47.9 cm³/mol. The molecule has 1 heterocycles. The van der Waals surface area contributed by atoms with E-state index in [9.17, 15) is 8.42 Å². The lowest BCUT2D eigenvalue weighted by molar-refractivity contribution is 0.0110. The maximum Gasteiger partial charge on any atom is 0.152 e. The summed E-state index contributed by atoms with van der Waals surface area (Å²) in [5, 5.41) is 0. The Kier molecular flexibility index (Phi) is 3.12. The van der Waals surface area contributed by atoms with E-state index in [1.807, 2.05) is 13.8 Å². The van der Waals surface area contributed by atoms with Crippen LogP contribution < -0.4 is 0 Å². The third-order valence-electron chi connectivity index (χ3n) is 2.19. The SMILES string of the molecule is CC[C@@H](C)O[C@H]1CCS(=O)(=O)C1. The van der Waals surface area contributed by atoms with E-state index in [1.54, 1.807) is 0 Å². The van der Waals surface area contributed by atoms with Gasteiger partial charge in [0.1, 0.15) is 0 Å². The Morgan fingerprint density at radius 1 is 1.58 bits per heavy atom. The molecule has 0 aromatic rings. The van der Waals surface area contributed by atoms with E-state index in [-0.39, 0.29) is 18.0 Å². The van der Waals surface area contributed by atoms with Gasteiger partial charge in [-0.15, -0.1) is 0 Å². The van der Waals surface area contributed by atoms with Gasteiger partial charge in [-0.3, -0.25) is 0 Å². The summed E-state index contributed by atoms with van der Waals surface area (Å²) in [6.07, 6.45) is 1.75. The lowest BCUT2D eigenvalue weighted by Gasteiger charge is -2.15. The first-order valence-electron chi connectivity index (χ1n) is 4.39. The topological polar surface area (TPSA) is 43.4 Å². The second kappa shape index (κ2) is 3.75. The summed E-state index contributed by atoms with van der Waals surface area (Å²) < 4.78 is 27.6. The molecule has 2 atom stereocenters. The van der Waals surface area contributed by atoms with E-state index in [4.69, 9.17) is 4.74 Å². The molecule has 0 aromatic heterocycles. The minimum absolute atomic E-state index is 0.0510. The minimum Gasteiger partial charge on any atom is -0.374 e. The summed E-state index contributed by atoms with van der Waals surface area (Å²) in [6.45, 7) is 4.01. The fraction of sp³-hybridized carbons (Fsp3) is 1.00. The molecule has 1 aliphatic heterocycles. The van der Waals surface area contributed by atoms with Gasteiger partial charge in [0.25, 0.3) is 0 Å². The first kappa shape index (κ1) is 9.99. The summed E-state index contributed by atoms with van der Waals surface area (Å²) in [5.74, 6) is 0.519. The summed E-state index contributed by atoms with van der Waals surface area (Å²) >= 11 is 0. The summed E-state index contributed by atoms with van der Waals surface area (Å²) in [6, 6.07) is 0. The van der Waals surface area contributed by atoms with Crippen LogP contribution in [-0.2, 0) is 14.6 Å². The lowest BCUT2D eigenvalue weighted by Crippen LogP contribution is -2.20. The highest BCUT2D eigenvalue weighted by atomic mass is 32.2. The van der Waals surface area contributed by atoms with E-state index >= 15 is 0 Å². The zero-order chi connectivity index (χ0) is 9.19. The summed E-state index contributed by atoms with van der Waals surface area (Å²) in [7, 11) is -2.77. The Bertz CT molecular complexity index is 233. The first-order valence-corrected chi connectivity index (χ1v) is 6.21. The molecule has 0 N–H and O–H groups in total. The van der Waals surface area contributed by atoms with Crippen LogP contribution in [0, 0.1) is 0 Å². The van der Waals surface area contributed by atoms with Gasteiger partial charge >= 0.3 is 0 Å². The predicted octanol–water partition coefficient (Wildman–Crippen LogP) is 0.989. The van der Waals surface area contributed by atoms with Crippen LogP contribution in [0.4, 0.5) is 0 Å². The second-order valence-corrected chi connectivity index (χ2v) is 5.61. The van der Waals surface area contributed by atoms with Crippen LogP contribution in [0.5, 0.6) is 0 Å². The Balaban J connectivity index is 2.38. The van der Waals surface area contributed by atoms with Crippen LogP contribution in [0.2, 0.25) is 0 Å². The van der Waals surface area contributed by atoms with Gasteiger partial charge in [0.05, 0.1) is 23.7 Å². The van der Waals surface area contributed by atoms with Crippen molar-refractivity contribution in [2.75, 3.05) is 11.5 Å². The molecular weight excluding hydrogens is 176 g/mol. The molecule has 0 saturated carbocycles. The van der Waals surface area contributed by atoms with Crippen molar-refractivity contribution >= 4 is 9.84 Å². The molecule has 0 amide bonds. The molecule has 1 aliphatic rings.